The smallest absolute Gasteiger partial charge is 0.269 e. The Kier molecular flexibility index (Phi) is 2.41. The van der Waals surface area contributed by atoms with Crippen LogP contribution in [-0.2, 0) is 14.2 Å². The Morgan fingerprint density at radius 3 is 3.00 bits per heavy atom. The van der Waals surface area contributed by atoms with Gasteiger partial charge in [-0.3, -0.25) is 0 Å². The molecular weight excluding hydrogens is 124 g/mol. The van der Waals surface area contributed by atoms with Crippen LogP contribution in [0.25, 0.3) is 0 Å². The summed E-state index contributed by atoms with van der Waals surface area (Å²) in [5.41, 5.74) is 0. The van der Waals surface area contributed by atoms with Crippen molar-refractivity contribution >= 4 is 0 Å². The van der Waals surface area contributed by atoms with Gasteiger partial charge in [-0.05, 0) is 0 Å². The monoisotopic (exact) mass is 134 g/mol. The molecular formula is C5H10O4. The van der Waals surface area contributed by atoms with E-state index < -0.39 is 6.48 Å². The van der Waals surface area contributed by atoms with Crippen LogP contribution in [0.3, 0.4) is 0 Å². The van der Waals surface area contributed by atoms with Gasteiger partial charge in [-0.2, -0.15) is 0 Å². The second-order valence-electron chi connectivity index (χ2n) is 1.85. The van der Waals surface area contributed by atoms with Gasteiger partial charge in [-0.15, -0.1) is 0 Å². The van der Waals surface area contributed by atoms with Crippen LogP contribution in [0.1, 0.15) is 0 Å². The molecule has 0 aliphatic carbocycles. The summed E-state index contributed by atoms with van der Waals surface area (Å²) < 4.78 is 14.2. The average Bonchev–Trinajstić information content (AvgIpc) is 2.17. The highest BCUT2D eigenvalue weighted by molar-refractivity contribution is 4.58. The third-order valence-corrected chi connectivity index (χ3v) is 1.09. The molecule has 0 aromatic rings. The molecule has 2 unspecified atom stereocenters. The van der Waals surface area contributed by atoms with Gasteiger partial charge in [0.1, 0.15) is 6.10 Å². The first-order chi connectivity index (χ1) is 4.33. The quantitative estimate of drug-likeness (QED) is 0.543. The minimum Gasteiger partial charge on any atom is -0.382 e. The van der Waals surface area contributed by atoms with E-state index in [9.17, 15) is 0 Å². The van der Waals surface area contributed by atoms with E-state index in [1.54, 1.807) is 7.11 Å². The Hall–Kier alpha value is -0.160. The number of aliphatic hydroxyl groups excluding tert-OH is 1. The minimum atomic E-state index is -1.05. The zero-order valence-electron chi connectivity index (χ0n) is 5.24. The average molecular weight is 134 g/mol. The number of rotatable bonds is 2. The molecule has 9 heavy (non-hydrogen) atoms. The Bertz CT molecular complexity index is 83.0. The van der Waals surface area contributed by atoms with Gasteiger partial charge in [0.05, 0.1) is 13.2 Å². The van der Waals surface area contributed by atoms with E-state index in [0.29, 0.717) is 13.2 Å². The highest BCUT2D eigenvalue weighted by Crippen LogP contribution is 2.08. The third kappa shape index (κ3) is 1.91. The van der Waals surface area contributed by atoms with Gasteiger partial charge in [-0.25, -0.2) is 0 Å². The van der Waals surface area contributed by atoms with Crippen LogP contribution in [0.15, 0.2) is 0 Å². The Morgan fingerprint density at radius 1 is 1.78 bits per heavy atom. The first-order valence-electron chi connectivity index (χ1n) is 2.77. The van der Waals surface area contributed by atoms with E-state index in [2.05, 4.69) is 4.74 Å². The maximum Gasteiger partial charge on any atom is 0.269 e. The Morgan fingerprint density at radius 2 is 2.56 bits per heavy atom. The van der Waals surface area contributed by atoms with Crippen molar-refractivity contribution in [1.82, 2.24) is 0 Å². The second-order valence-corrected chi connectivity index (χ2v) is 1.85. The molecule has 0 spiro atoms. The van der Waals surface area contributed by atoms with Crippen LogP contribution in [0.5, 0.6) is 0 Å². The van der Waals surface area contributed by atoms with Crippen LogP contribution < -0.4 is 0 Å². The van der Waals surface area contributed by atoms with Gasteiger partial charge >= 0.3 is 0 Å². The summed E-state index contributed by atoms with van der Waals surface area (Å²) in [5.74, 6) is 0. The standard InChI is InChI=1S/C5H10O4/c1-7-2-4-3-8-5(6)9-4/h4-6H,2-3H2,1H3. The molecule has 1 aliphatic rings. The first-order valence-corrected chi connectivity index (χ1v) is 2.77. The molecule has 0 saturated carbocycles. The van der Waals surface area contributed by atoms with Gasteiger partial charge < -0.3 is 19.3 Å². The highest BCUT2D eigenvalue weighted by atomic mass is 16.8. The number of aliphatic hydroxyl groups is 1. The van der Waals surface area contributed by atoms with Crippen LogP contribution >= 0.6 is 0 Å². The predicted molar refractivity (Wildman–Crippen MR) is 28.7 cm³/mol. The largest absolute Gasteiger partial charge is 0.382 e. The van der Waals surface area contributed by atoms with Crippen LogP contribution in [-0.4, -0.2) is 38.0 Å². The number of hydrogen-bond donors (Lipinski definition) is 1. The van der Waals surface area contributed by atoms with Crippen molar-refractivity contribution in [3.63, 3.8) is 0 Å². The lowest BCUT2D eigenvalue weighted by Crippen LogP contribution is -2.17. The van der Waals surface area contributed by atoms with Crippen molar-refractivity contribution in [2.45, 2.75) is 12.6 Å². The van der Waals surface area contributed by atoms with Gasteiger partial charge in [0.25, 0.3) is 6.48 Å². The van der Waals surface area contributed by atoms with Crippen molar-refractivity contribution in [1.29, 1.82) is 0 Å². The molecule has 1 rings (SSSR count). The molecule has 4 heteroatoms. The fourth-order valence-corrected chi connectivity index (χ4v) is 0.706. The maximum absolute atomic E-state index is 8.63. The second kappa shape index (κ2) is 3.12. The highest BCUT2D eigenvalue weighted by Gasteiger charge is 2.23. The van der Waals surface area contributed by atoms with E-state index in [-0.39, 0.29) is 6.10 Å². The molecule has 0 aromatic heterocycles. The van der Waals surface area contributed by atoms with Crippen molar-refractivity contribution < 1.29 is 19.3 Å². The summed E-state index contributed by atoms with van der Waals surface area (Å²) in [6.45, 7) is -0.170. The van der Waals surface area contributed by atoms with E-state index >= 15 is 0 Å². The fraction of sp³-hybridized carbons (Fsp3) is 1.00. The molecule has 1 saturated heterocycles. The summed E-state index contributed by atoms with van der Waals surface area (Å²) in [6, 6.07) is 0. The van der Waals surface area contributed by atoms with E-state index in [0.717, 1.165) is 0 Å². The van der Waals surface area contributed by atoms with Crippen molar-refractivity contribution in [3.8, 4) is 0 Å². The molecule has 2 atom stereocenters. The number of ether oxygens (including phenoxy) is 3. The number of methoxy groups -OCH3 is 1. The lowest BCUT2D eigenvalue weighted by atomic mass is 10.4. The normalized spacial score (nSPS) is 35.3. The molecule has 0 amide bonds. The zero-order valence-corrected chi connectivity index (χ0v) is 5.24. The summed E-state index contributed by atoms with van der Waals surface area (Å²) in [7, 11) is 1.58. The topological polar surface area (TPSA) is 47.9 Å². The summed E-state index contributed by atoms with van der Waals surface area (Å²) in [5, 5.41) is 8.63. The van der Waals surface area contributed by atoms with E-state index in [1.807, 2.05) is 0 Å². The first kappa shape index (κ1) is 6.95. The van der Waals surface area contributed by atoms with Crippen molar-refractivity contribution in [2.75, 3.05) is 20.3 Å². The van der Waals surface area contributed by atoms with E-state index in [4.69, 9.17) is 14.6 Å². The molecule has 1 N–H and O–H groups in total. The molecule has 0 bridgehead atoms. The van der Waals surface area contributed by atoms with E-state index in [1.165, 1.54) is 0 Å². The van der Waals surface area contributed by atoms with Gasteiger partial charge in [-0.1, -0.05) is 0 Å². The van der Waals surface area contributed by atoms with Crippen LogP contribution in [0.4, 0.5) is 0 Å². The maximum atomic E-state index is 8.63. The molecule has 0 aromatic carbocycles. The molecule has 1 heterocycles. The van der Waals surface area contributed by atoms with Gasteiger partial charge in [0.15, 0.2) is 0 Å². The van der Waals surface area contributed by atoms with Crippen molar-refractivity contribution in [3.05, 3.63) is 0 Å². The SMILES string of the molecule is COCC1COC(O)O1. The van der Waals surface area contributed by atoms with Gasteiger partial charge in [0.2, 0.25) is 0 Å². The Labute approximate surface area is 53.3 Å². The van der Waals surface area contributed by atoms with Crippen LogP contribution in [0.2, 0.25) is 0 Å². The predicted octanol–water partition coefficient (Wildman–Crippen LogP) is -0.676. The third-order valence-electron chi connectivity index (χ3n) is 1.09. The van der Waals surface area contributed by atoms with Crippen LogP contribution in [0, 0.1) is 0 Å². The summed E-state index contributed by atoms with van der Waals surface area (Å²) in [6.07, 6.45) is -0.106. The summed E-state index contributed by atoms with van der Waals surface area (Å²) in [4.78, 5) is 0. The zero-order chi connectivity index (χ0) is 6.69. The molecule has 1 aliphatic heterocycles. The van der Waals surface area contributed by atoms with Crippen molar-refractivity contribution in [2.24, 2.45) is 0 Å². The number of hydrogen-bond acceptors (Lipinski definition) is 4. The molecule has 4 nitrogen and oxygen atoms in total. The minimum absolute atomic E-state index is 0.106. The van der Waals surface area contributed by atoms with Gasteiger partial charge in [0, 0.05) is 7.11 Å². The molecule has 1 fully saturated rings. The lowest BCUT2D eigenvalue weighted by Gasteiger charge is -2.04. The molecule has 54 valence electrons. The Balaban J connectivity index is 2.14. The fourth-order valence-electron chi connectivity index (χ4n) is 0.706. The lowest BCUT2D eigenvalue weighted by molar-refractivity contribution is -0.207. The summed E-state index contributed by atoms with van der Waals surface area (Å²) >= 11 is 0. The molecule has 0 radical (unpaired) electrons.